The molecule has 6 heteroatoms. The minimum absolute atomic E-state index is 0.299. The molecule has 2 fully saturated rings. The summed E-state index contributed by atoms with van der Waals surface area (Å²) in [7, 11) is 1.66. The molecule has 1 aromatic heterocycles. The third kappa shape index (κ3) is 5.26. The van der Waals surface area contributed by atoms with Crippen molar-refractivity contribution in [3.05, 3.63) is 53.9 Å². The first kappa shape index (κ1) is 20.1. The molecule has 4 rings (SSSR count). The predicted octanol–water partition coefficient (Wildman–Crippen LogP) is 2.53. The van der Waals surface area contributed by atoms with Crippen LogP contribution in [0.1, 0.15) is 30.0 Å². The number of hydrogen-bond donors (Lipinski definition) is 1. The second kappa shape index (κ2) is 9.57. The van der Waals surface area contributed by atoms with E-state index in [1.807, 2.05) is 30.5 Å². The van der Waals surface area contributed by atoms with Crippen molar-refractivity contribution in [1.82, 2.24) is 14.8 Å². The maximum absolute atomic E-state index is 10.4. The smallest absolute Gasteiger partial charge is 0.127 e. The highest BCUT2D eigenvalue weighted by Gasteiger charge is 2.29. The summed E-state index contributed by atoms with van der Waals surface area (Å²) in [5, 5.41) is 10.4. The highest BCUT2D eigenvalue weighted by Crippen LogP contribution is 2.31. The Hall–Kier alpha value is -2.15. The van der Waals surface area contributed by atoms with Crippen LogP contribution in [0.15, 0.2) is 42.6 Å². The molecule has 0 bridgehead atoms. The number of aromatic nitrogens is 1. The van der Waals surface area contributed by atoms with Crippen LogP contribution in [-0.4, -0.2) is 72.4 Å². The molecule has 0 radical (unpaired) electrons. The Morgan fingerprint density at radius 3 is 2.69 bits per heavy atom. The number of benzene rings is 1. The van der Waals surface area contributed by atoms with E-state index < -0.39 is 6.10 Å². The first-order valence-corrected chi connectivity index (χ1v) is 10.5. The molecule has 6 nitrogen and oxygen atoms in total. The zero-order valence-electron chi connectivity index (χ0n) is 17.2. The van der Waals surface area contributed by atoms with Gasteiger partial charge in [0.1, 0.15) is 24.2 Å². The fourth-order valence-corrected chi connectivity index (χ4v) is 4.17. The molecule has 3 heterocycles. The largest absolute Gasteiger partial charge is 0.497 e. The van der Waals surface area contributed by atoms with Crippen LogP contribution in [0.2, 0.25) is 0 Å². The highest BCUT2D eigenvalue weighted by molar-refractivity contribution is 5.41. The molecule has 2 saturated heterocycles. The number of β-amino-alcohol motifs (C(OH)–C–C–N with tert-alkyl or cyclic N) is 1. The molecule has 0 aliphatic carbocycles. The van der Waals surface area contributed by atoms with Gasteiger partial charge in [0.05, 0.1) is 7.11 Å². The summed E-state index contributed by atoms with van der Waals surface area (Å²) in [6.45, 7) is 5.96. The lowest BCUT2D eigenvalue weighted by molar-refractivity contribution is 0.0741. The van der Waals surface area contributed by atoms with Crippen LogP contribution in [0.25, 0.3) is 0 Å². The molecule has 0 spiro atoms. The first-order chi connectivity index (χ1) is 14.2. The summed E-state index contributed by atoms with van der Waals surface area (Å²) >= 11 is 0. The normalized spacial score (nSPS) is 19.1. The van der Waals surface area contributed by atoms with E-state index >= 15 is 0 Å². The monoisotopic (exact) mass is 397 g/mol. The van der Waals surface area contributed by atoms with Gasteiger partial charge < -0.3 is 19.5 Å². The van der Waals surface area contributed by atoms with Crippen molar-refractivity contribution in [2.45, 2.75) is 31.4 Å². The highest BCUT2D eigenvalue weighted by atomic mass is 16.5. The molecule has 2 aromatic rings. The number of hydrogen-bond acceptors (Lipinski definition) is 6. The lowest BCUT2D eigenvalue weighted by atomic mass is 9.95. The molecule has 1 N–H and O–H groups in total. The van der Waals surface area contributed by atoms with Gasteiger partial charge in [0.25, 0.3) is 0 Å². The molecular weight excluding hydrogens is 366 g/mol. The zero-order chi connectivity index (χ0) is 20.1. The van der Waals surface area contributed by atoms with Crippen molar-refractivity contribution in [2.24, 2.45) is 0 Å². The van der Waals surface area contributed by atoms with E-state index in [9.17, 15) is 5.11 Å². The number of nitrogens with zero attached hydrogens (tertiary/aromatic N) is 3. The van der Waals surface area contributed by atoms with E-state index in [1.54, 1.807) is 7.11 Å². The average Bonchev–Trinajstić information content (AvgIpc) is 3.23. The van der Waals surface area contributed by atoms with Gasteiger partial charge in [-0.25, -0.2) is 0 Å². The predicted molar refractivity (Wildman–Crippen MR) is 112 cm³/mol. The lowest BCUT2D eigenvalue weighted by Crippen LogP contribution is -2.44. The van der Waals surface area contributed by atoms with Gasteiger partial charge in [-0.15, -0.1) is 0 Å². The summed E-state index contributed by atoms with van der Waals surface area (Å²) < 4.78 is 11.4. The second-order valence-electron chi connectivity index (χ2n) is 8.09. The Bertz CT molecular complexity index is 774. The van der Waals surface area contributed by atoms with Crippen LogP contribution in [0.5, 0.6) is 11.5 Å². The summed E-state index contributed by atoms with van der Waals surface area (Å²) in [6, 6.07) is 12.1. The number of pyridine rings is 1. The molecule has 0 amide bonds. The van der Waals surface area contributed by atoms with Gasteiger partial charge in [0.2, 0.25) is 0 Å². The summed E-state index contributed by atoms with van der Waals surface area (Å²) in [5.74, 6) is 2.07. The van der Waals surface area contributed by atoms with Crippen LogP contribution in [0, 0.1) is 0 Å². The van der Waals surface area contributed by atoms with Gasteiger partial charge in [0.15, 0.2) is 0 Å². The first-order valence-electron chi connectivity index (χ1n) is 10.5. The lowest BCUT2D eigenvalue weighted by Gasteiger charge is -2.39. The summed E-state index contributed by atoms with van der Waals surface area (Å²) in [4.78, 5) is 9.18. The van der Waals surface area contributed by atoms with Crippen LogP contribution in [-0.2, 0) is 6.54 Å². The number of ether oxygens (including phenoxy) is 2. The Labute approximate surface area is 173 Å². The van der Waals surface area contributed by atoms with Gasteiger partial charge in [0, 0.05) is 55.6 Å². The Balaban J connectivity index is 1.33. The molecule has 1 atom stereocenters. The van der Waals surface area contributed by atoms with Crippen LogP contribution >= 0.6 is 0 Å². The third-order valence-electron chi connectivity index (χ3n) is 5.83. The van der Waals surface area contributed by atoms with Gasteiger partial charge in [-0.05, 0) is 44.1 Å². The Kier molecular flexibility index (Phi) is 6.64. The van der Waals surface area contributed by atoms with Crippen molar-refractivity contribution in [3.63, 3.8) is 0 Å². The average molecular weight is 398 g/mol. The standard InChI is InChI=1S/C23H31N3O3/c1-28-21-8-7-18(13-26-14-19(15-26)22-6-2-3-9-24-22)23(12-21)29-17-20(27)16-25-10-4-5-11-25/h2-3,6-9,12,19-20,27H,4-5,10-11,13-17H2,1H3. The van der Waals surface area contributed by atoms with Crippen LogP contribution in [0.3, 0.4) is 0 Å². The molecule has 29 heavy (non-hydrogen) atoms. The van der Waals surface area contributed by atoms with Crippen molar-refractivity contribution in [1.29, 1.82) is 0 Å². The van der Waals surface area contributed by atoms with E-state index in [-0.39, 0.29) is 0 Å². The molecular formula is C23H31N3O3. The summed E-state index contributed by atoms with van der Waals surface area (Å²) in [6.07, 6.45) is 3.83. The maximum Gasteiger partial charge on any atom is 0.127 e. The van der Waals surface area contributed by atoms with Gasteiger partial charge in [-0.2, -0.15) is 0 Å². The quantitative estimate of drug-likeness (QED) is 0.702. The third-order valence-corrected chi connectivity index (χ3v) is 5.83. The van der Waals surface area contributed by atoms with Crippen LogP contribution in [0.4, 0.5) is 0 Å². The molecule has 0 saturated carbocycles. The second-order valence-corrected chi connectivity index (χ2v) is 8.09. The fraction of sp³-hybridized carbons (Fsp3) is 0.522. The minimum atomic E-state index is -0.482. The fourth-order valence-electron chi connectivity index (χ4n) is 4.17. The van der Waals surface area contributed by atoms with Gasteiger partial charge >= 0.3 is 0 Å². The van der Waals surface area contributed by atoms with Crippen molar-refractivity contribution in [2.75, 3.05) is 46.4 Å². The molecule has 2 aliphatic heterocycles. The Morgan fingerprint density at radius 1 is 1.14 bits per heavy atom. The van der Waals surface area contributed by atoms with E-state index in [1.165, 1.54) is 18.5 Å². The molecule has 1 aromatic carbocycles. The van der Waals surface area contributed by atoms with E-state index in [0.717, 1.165) is 49.8 Å². The van der Waals surface area contributed by atoms with Crippen LogP contribution < -0.4 is 9.47 Å². The number of methoxy groups -OCH3 is 1. The van der Waals surface area contributed by atoms with Crippen molar-refractivity contribution in [3.8, 4) is 11.5 Å². The summed E-state index contributed by atoms with van der Waals surface area (Å²) in [5.41, 5.74) is 2.29. The number of rotatable bonds is 9. The number of aliphatic hydroxyl groups excluding tert-OH is 1. The maximum atomic E-state index is 10.4. The van der Waals surface area contributed by atoms with Crippen molar-refractivity contribution < 1.29 is 14.6 Å². The Morgan fingerprint density at radius 2 is 1.97 bits per heavy atom. The SMILES string of the molecule is COc1ccc(CN2CC(c3ccccn3)C2)c(OCC(O)CN2CCCC2)c1. The van der Waals surface area contributed by atoms with Gasteiger partial charge in [-0.1, -0.05) is 12.1 Å². The topological polar surface area (TPSA) is 58.1 Å². The zero-order valence-corrected chi connectivity index (χ0v) is 17.2. The van der Waals surface area contributed by atoms with E-state index in [0.29, 0.717) is 19.1 Å². The van der Waals surface area contributed by atoms with E-state index in [4.69, 9.17) is 9.47 Å². The van der Waals surface area contributed by atoms with E-state index in [2.05, 4.69) is 26.9 Å². The number of aliphatic hydroxyl groups is 1. The minimum Gasteiger partial charge on any atom is -0.497 e. The van der Waals surface area contributed by atoms with Gasteiger partial charge in [-0.3, -0.25) is 9.88 Å². The molecule has 1 unspecified atom stereocenters. The molecule has 2 aliphatic rings. The number of likely N-dealkylation sites (tertiary alicyclic amines) is 2. The van der Waals surface area contributed by atoms with Crippen molar-refractivity contribution >= 4 is 0 Å². The molecule has 156 valence electrons.